The van der Waals surface area contributed by atoms with Gasteiger partial charge in [0.25, 0.3) is 5.91 Å². The summed E-state index contributed by atoms with van der Waals surface area (Å²) in [4.78, 5) is 39.0. The highest BCUT2D eigenvalue weighted by molar-refractivity contribution is 6.07. The molecule has 0 aliphatic carbocycles. The number of carbonyl (C=O) groups is 3. The number of nitrogens with one attached hydrogen (secondary N) is 2. The maximum Gasteiger partial charge on any atom is 0.253 e. The van der Waals surface area contributed by atoms with Gasteiger partial charge in [-0.2, -0.15) is 0 Å². The molecule has 2 aromatic rings. The predicted molar refractivity (Wildman–Crippen MR) is 109 cm³/mol. The molecule has 1 atom stereocenters. The Morgan fingerprint density at radius 2 is 1.83 bits per heavy atom. The average molecular weight is 397 g/mol. The highest BCUT2D eigenvalue weighted by Crippen LogP contribution is 2.26. The highest BCUT2D eigenvalue weighted by Gasteiger charge is 2.35. The molecular weight excluding hydrogens is 373 g/mol. The monoisotopic (exact) mass is 397 g/mol. The standard InChI is InChI=1S/C22H24FN3O3/c1-14(2)12-24-22(29)18-5-3-4-6-19(18)25-21(28)15-11-20(27)26(13-15)17-9-7-16(23)8-10-17/h3-10,14-15H,11-13H2,1-2H3,(H,24,29)(H,25,28)/t15-/m1/s1. The van der Waals surface area contributed by atoms with Crippen molar-refractivity contribution in [1.29, 1.82) is 0 Å². The van der Waals surface area contributed by atoms with Crippen LogP contribution in [0.15, 0.2) is 48.5 Å². The summed E-state index contributed by atoms with van der Waals surface area (Å²) in [6, 6.07) is 12.4. The minimum absolute atomic E-state index is 0.0604. The first-order valence-electron chi connectivity index (χ1n) is 9.59. The van der Waals surface area contributed by atoms with E-state index in [0.29, 0.717) is 29.4 Å². The van der Waals surface area contributed by atoms with Crippen LogP contribution in [0.1, 0.15) is 30.6 Å². The number of rotatable bonds is 6. The third-order valence-corrected chi connectivity index (χ3v) is 4.73. The fourth-order valence-corrected chi connectivity index (χ4v) is 3.17. The summed E-state index contributed by atoms with van der Waals surface area (Å²) in [5.74, 6) is -1.42. The molecule has 0 bridgehead atoms. The summed E-state index contributed by atoms with van der Waals surface area (Å²) >= 11 is 0. The van der Waals surface area contributed by atoms with Gasteiger partial charge in [0.1, 0.15) is 5.82 Å². The molecule has 7 heteroatoms. The van der Waals surface area contributed by atoms with Crippen LogP contribution in [0.4, 0.5) is 15.8 Å². The largest absolute Gasteiger partial charge is 0.352 e. The number of para-hydroxylation sites is 1. The fraction of sp³-hybridized carbons (Fsp3) is 0.318. The lowest BCUT2D eigenvalue weighted by atomic mass is 10.1. The number of halogens is 1. The van der Waals surface area contributed by atoms with Crippen molar-refractivity contribution < 1.29 is 18.8 Å². The lowest BCUT2D eigenvalue weighted by Gasteiger charge is -2.17. The van der Waals surface area contributed by atoms with E-state index in [1.807, 2.05) is 13.8 Å². The van der Waals surface area contributed by atoms with E-state index in [-0.39, 0.29) is 36.5 Å². The Labute approximate surface area is 169 Å². The SMILES string of the molecule is CC(C)CNC(=O)c1ccccc1NC(=O)[C@@H]1CC(=O)N(c2ccc(F)cc2)C1. The van der Waals surface area contributed by atoms with Gasteiger partial charge in [0.2, 0.25) is 11.8 Å². The number of benzene rings is 2. The van der Waals surface area contributed by atoms with Gasteiger partial charge in [-0.3, -0.25) is 14.4 Å². The zero-order valence-corrected chi connectivity index (χ0v) is 16.4. The van der Waals surface area contributed by atoms with E-state index >= 15 is 0 Å². The van der Waals surface area contributed by atoms with E-state index < -0.39 is 5.92 Å². The summed E-state index contributed by atoms with van der Waals surface area (Å²) in [6.07, 6.45) is 0.0604. The third kappa shape index (κ3) is 4.99. The minimum atomic E-state index is -0.556. The number of hydrogen-bond acceptors (Lipinski definition) is 3. The Bertz CT molecular complexity index is 912. The van der Waals surface area contributed by atoms with E-state index in [1.54, 1.807) is 24.3 Å². The van der Waals surface area contributed by atoms with Crippen LogP contribution in [0.5, 0.6) is 0 Å². The van der Waals surface area contributed by atoms with Crippen molar-refractivity contribution in [3.05, 3.63) is 59.9 Å². The number of amides is 3. The molecule has 1 heterocycles. The predicted octanol–water partition coefficient (Wildman–Crippen LogP) is 3.20. The zero-order valence-electron chi connectivity index (χ0n) is 16.4. The highest BCUT2D eigenvalue weighted by atomic mass is 19.1. The third-order valence-electron chi connectivity index (χ3n) is 4.73. The summed E-state index contributed by atoms with van der Waals surface area (Å²) < 4.78 is 13.1. The topological polar surface area (TPSA) is 78.5 Å². The van der Waals surface area contributed by atoms with Gasteiger partial charge in [-0.05, 0) is 42.3 Å². The Kier molecular flexibility index (Phi) is 6.26. The Morgan fingerprint density at radius 1 is 1.14 bits per heavy atom. The molecule has 1 aliphatic heterocycles. The van der Waals surface area contributed by atoms with Crippen molar-refractivity contribution in [2.75, 3.05) is 23.3 Å². The molecule has 1 fully saturated rings. The molecule has 29 heavy (non-hydrogen) atoms. The van der Waals surface area contributed by atoms with Gasteiger partial charge in [-0.25, -0.2) is 4.39 Å². The molecule has 152 valence electrons. The lowest BCUT2D eigenvalue weighted by molar-refractivity contribution is -0.122. The van der Waals surface area contributed by atoms with Crippen molar-refractivity contribution in [3.8, 4) is 0 Å². The van der Waals surface area contributed by atoms with Gasteiger partial charge in [0.05, 0.1) is 17.2 Å². The van der Waals surface area contributed by atoms with Crippen LogP contribution in [0.25, 0.3) is 0 Å². The molecular formula is C22H24FN3O3. The van der Waals surface area contributed by atoms with Crippen LogP contribution in [-0.4, -0.2) is 30.8 Å². The van der Waals surface area contributed by atoms with Crippen molar-refractivity contribution in [3.63, 3.8) is 0 Å². The molecule has 3 rings (SSSR count). The molecule has 0 unspecified atom stereocenters. The molecule has 3 amide bonds. The summed E-state index contributed by atoms with van der Waals surface area (Å²) in [7, 11) is 0. The van der Waals surface area contributed by atoms with Crippen LogP contribution in [0.2, 0.25) is 0 Å². The smallest absolute Gasteiger partial charge is 0.253 e. The normalized spacial score (nSPS) is 16.2. The van der Waals surface area contributed by atoms with Crippen molar-refractivity contribution in [2.24, 2.45) is 11.8 Å². The van der Waals surface area contributed by atoms with Crippen LogP contribution in [0, 0.1) is 17.7 Å². The van der Waals surface area contributed by atoms with Crippen molar-refractivity contribution in [1.82, 2.24) is 5.32 Å². The second-order valence-electron chi connectivity index (χ2n) is 7.52. The molecule has 1 saturated heterocycles. The first-order valence-corrected chi connectivity index (χ1v) is 9.59. The number of carbonyl (C=O) groups excluding carboxylic acids is 3. The summed E-state index contributed by atoms with van der Waals surface area (Å²) in [5, 5.41) is 5.62. The quantitative estimate of drug-likeness (QED) is 0.786. The van der Waals surface area contributed by atoms with Gasteiger partial charge in [-0.15, -0.1) is 0 Å². The zero-order chi connectivity index (χ0) is 21.0. The maximum atomic E-state index is 13.1. The molecule has 0 radical (unpaired) electrons. The van der Waals surface area contributed by atoms with E-state index in [1.165, 1.54) is 29.2 Å². The Balaban J connectivity index is 1.69. The molecule has 0 spiro atoms. The van der Waals surface area contributed by atoms with Gasteiger partial charge < -0.3 is 15.5 Å². The minimum Gasteiger partial charge on any atom is -0.352 e. The summed E-state index contributed by atoms with van der Waals surface area (Å²) in [5.41, 5.74) is 1.34. The Hall–Kier alpha value is -3.22. The molecule has 6 nitrogen and oxygen atoms in total. The van der Waals surface area contributed by atoms with Crippen LogP contribution < -0.4 is 15.5 Å². The van der Waals surface area contributed by atoms with Gasteiger partial charge in [0.15, 0.2) is 0 Å². The van der Waals surface area contributed by atoms with Crippen molar-refractivity contribution in [2.45, 2.75) is 20.3 Å². The summed E-state index contributed by atoms with van der Waals surface area (Å²) in [6.45, 7) is 4.73. The second-order valence-corrected chi connectivity index (χ2v) is 7.52. The van der Waals surface area contributed by atoms with E-state index in [0.717, 1.165) is 0 Å². The molecule has 2 N–H and O–H groups in total. The van der Waals surface area contributed by atoms with Gasteiger partial charge in [0, 0.05) is 25.2 Å². The number of nitrogens with zero attached hydrogens (tertiary/aromatic N) is 1. The first-order chi connectivity index (χ1) is 13.8. The first kappa shape index (κ1) is 20.5. The lowest BCUT2D eigenvalue weighted by Crippen LogP contribution is -2.30. The fourth-order valence-electron chi connectivity index (χ4n) is 3.17. The average Bonchev–Trinajstić information content (AvgIpc) is 3.09. The van der Waals surface area contributed by atoms with E-state index in [9.17, 15) is 18.8 Å². The van der Waals surface area contributed by atoms with Crippen LogP contribution in [0.3, 0.4) is 0 Å². The maximum absolute atomic E-state index is 13.1. The van der Waals surface area contributed by atoms with E-state index in [4.69, 9.17) is 0 Å². The number of anilines is 2. The Morgan fingerprint density at radius 3 is 2.52 bits per heavy atom. The molecule has 0 saturated carbocycles. The van der Waals surface area contributed by atoms with Crippen LogP contribution in [-0.2, 0) is 9.59 Å². The van der Waals surface area contributed by atoms with Crippen LogP contribution >= 0.6 is 0 Å². The van der Waals surface area contributed by atoms with E-state index in [2.05, 4.69) is 10.6 Å². The number of hydrogen-bond donors (Lipinski definition) is 2. The van der Waals surface area contributed by atoms with Crippen molar-refractivity contribution >= 4 is 29.1 Å². The molecule has 1 aliphatic rings. The molecule has 2 aromatic carbocycles. The van der Waals surface area contributed by atoms with Gasteiger partial charge in [-0.1, -0.05) is 26.0 Å². The van der Waals surface area contributed by atoms with Gasteiger partial charge >= 0.3 is 0 Å². The molecule has 0 aromatic heterocycles. The second kappa shape index (κ2) is 8.86.